The highest BCUT2D eigenvalue weighted by Crippen LogP contribution is 2.19. The molecule has 6 nitrogen and oxygen atoms in total. The zero-order valence-corrected chi connectivity index (χ0v) is 51.8. The van der Waals surface area contributed by atoms with E-state index in [9.17, 15) is 14.4 Å². The molecule has 0 aromatic carbocycles. The zero-order valence-electron chi connectivity index (χ0n) is 51.8. The molecule has 0 bridgehead atoms. The molecule has 0 aliphatic rings. The number of unbranched alkanes of at least 4 members (excludes halogenated alkanes) is 52. The van der Waals surface area contributed by atoms with Crippen molar-refractivity contribution >= 4 is 17.9 Å². The van der Waals surface area contributed by atoms with Crippen LogP contribution in [0.2, 0.25) is 0 Å². The van der Waals surface area contributed by atoms with E-state index in [1.807, 2.05) is 0 Å². The normalized spacial score (nSPS) is 12.0. The summed E-state index contributed by atoms with van der Waals surface area (Å²) in [6, 6.07) is 0. The maximum atomic E-state index is 12.9. The number of allylic oxidation sites excluding steroid dienone is 2. The van der Waals surface area contributed by atoms with E-state index in [0.29, 0.717) is 19.3 Å². The van der Waals surface area contributed by atoms with Gasteiger partial charge in [-0.05, 0) is 44.9 Å². The smallest absolute Gasteiger partial charge is 0.306 e. The van der Waals surface area contributed by atoms with Gasteiger partial charge in [-0.3, -0.25) is 14.4 Å². The lowest BCUT2D eigenvalue weighted by molar-refractivity contribution is -0.167. The fraction of sp³-hybridized carbons (Fsp3) is 0.929. The molecule has 0 fully saturated rings. The highest BCUT2D eigenvalue weighted by Gasteiger charge is 2.19. The van der Waals surface area contributed by atoms with Crippen molar-refractivity contribution in [3.63, 3.8) is 0 Å². The Bertz CT molecular complexity index is 1180. The van der Waals surface area contributed by atoms with Crippen LogP contribution >= 0.6 is 0 Å². The summed E-state index contributed by atoms with van der Waals surface area (Å²) in [5, 5.41) is 0. The van der Waals surface area contributed by atoms with Gasteiger partial charge < -0.3 is 14.2 Å². The van der Waals surface area contributed by atoms with Crippen LogP contribution in [0.1, 0.15) is 400 Å². The minimum Gasteiger partial charge on any atom is -0.462 e. The molecule has 450 valence electrons. The van der Waals surface area contributed by atoms with Crippen LogP contribution in [0.15, 0.2) is 12.2 Å². The molecule has 0 rings (SSSR count). The number of hydrogen-bond donors (Lipinski definition) is 0. The molecule has 0 aliphatic heterocycles. The summed E-state index contributed by atoms with van der Waals surface area (Å²) in [4.78, 5) is 38.1. The van der Waals surface area contributed by atoms with Crippen LogP contribution in [0.4, 0.5) is 0 Å². The van der Waals surface area contributed by atoms with Gasteiger partial charge in [-0.15, -0.1) is 0 Å². The van der Waals surface area contributed by atoms with Crippen LogP contribution in [0.5, 0.6) is 0 Å². The van der Waals surface area contributed by atoms with Crippen LogP contribution in [-0.4, -0.2) is 37.2 Å². The molecular formula is C70H134O6. The van der Waals surface area contributed by atoms with Crippen LogP contribution in [0, 0.1) is 0 Å². The summed E-state index contributed by atoms with van der Waals surface area (Å²) in [6.45, 7) is 6.69. The highest BCUT2D eigenvalue weighted by atomic mass is 16.6. The lowest BCUT2D eigenvalue weighted by Gasteiger charge is -2.18. The average molecular weight is 1070 g/mol. The first-order chi connectivity index (χ1) is 37.5. The topological polar surface area (TPSA) is 78.9 Å². The van der Waals surface area contributed by atoms with Crippen molar-refractivity contribution in [2.24, 2.45) is 0 Å². The summed E-state index contributed by atoms with van der Waals surface area (Å²) >= 11 is 0. The monoisotopic (exact) mass is 1070 g/mol. The second kappa shape index (κ2) is 65.7. The average Bonchev–Trinajstić information content (AvgIpc) is 3.42. The van der Waals surface area contributed by atoms with Crippen molar-refractivity contribution < 1.29 is 28.6 Å². The lowest BCUT2D eigenvalue weighted by atomic mass is 10.0. The van der Waals surface area contributed by atoms with Crippen molar-refractivity contribution in [1.82, 2.24) is 0 Å². The SMILES string of the molecule is CCCCCCCCCC/C=C\CCCCCCCCCCCCCCCCCCCCCCCC(=O)OCC(COC(=O)CCCCCCCCCC)OC(=O)CCCCCCCCCCCCCCCCCCC. The molecule has 0 heterocycles. The molecular weight excluding hydrogens is 937 g/mol. The van der Waals surface area contributed by atoms with E-state index >= 15 is 0 Å². The summed E-state index contributed by atoms with van der Waals surface area (Å²) in [7, 11) is 0. The maximum absolute atomic E-state index is 12.9. The Labute approximate surface area is 475 Å². The predicted molar refractivity (Wildman–Crippen MR) is 330 cm³/mol. The third kappa shape index (κ3) is 63.0. The van der Waals surface area contributed by atoms with E-state index in [-0.39, 0.29) is 31.1 Å². The quantitative estimate of drug-likeness (QED) is 0.0261. The molecule has 0 aromatic heterocycles. The largest absolute Gasteiger partial charge is 0.462 e. The van der Waals surface area contributed by atoms with Crippen molar-refractivity contribution in [1.29, 1.82) is 0 Å². The second-order valence-electron chi connectivity index (χ2n) is 23.8. The number of carbonyl (C=O) groups is 3. The van der Waals surface area contributed by atoms with Gasteiger partial charge >= 0.3 is 17.9 Å². The summed E-state index contributed by atoms with van der Waals surface area (Å²) in [5.41, 5.74) is 0. The van der Waals surface area contributed by atoms with Crippen molar-refractivity contribution in [3.8, 4) is 0 Å². The number of rotatable bonds is 65. The van der Waals surface area contributed by atoms with Crippen molar-refractivity contribution in [3.05, 3.63) is 12.2 Å². The van der Waals surface area contributed by atoms with Crippen LogP contribution in [0.3, 0.4) is 0 Å². The molecule has 0 aromatic rings. The van der Waals surface area contributed by atoms with E-state index in [4.69, 9.17) is 14.2 Å². The molecule has 1 unspecified atom stereocenters. The van der Waals surface area contributed by atoms with Crippen molar-refractivity contribution in [2.45, 2.75) is 406 Å². The Balaban J connectivity index is 3.96. The Morgan fingerprint density at radius 2 is 0.434 bits per heavy atom. The summed E-state index contributed by atoms with van der Waals surface area (Å²) in [6.07, 6.45) is 78.5. The van der Waals surface area contributed by atoms with E-state index in [0.717, 1.165) is 57.8 Å². The van der Waals surface area contributed by atoms with Gasteiger partial charge in [0, 0.05) is 19.3 Å². The Hall–Kier alpha value is -1.85. The zero-order chi connectivity index (χ0) is 55.0. The predicted octanol–water partition coefficient (Wildman–Crippen LogP) is 23.6. The van der Waals surface area contributed by atoms with Crippen LogP contribution in [-0.2, 0) is 28.6 Å². The third-order valence-electron chi connectivity index (χ3n) is 16.0. The van der Waals surface area contributed by atoms with Gasteiger partial charge in [0.1, 0.15) is 13.2 Å². The first kappa shape index (κ1) is 74.2. The molecule has 0 radical (unpaired) electrons. The molecule has 0 amide bonds. The number of ether oxygens (including phenoxy) is 3. The highest BCUT2D eigenvalue weighted by molar-refractivity contribution is 5.71. The molecule has 0 saturated heterocycles. The minimum atomic E-state index is -0.762. The third-order valence-corrected chi connectivity index (χ3v) is 16.0. The Kier molecular flexibility index (Phi) is 64.1. The number of esters is 3. The minimum absolute atomic E-state index is 0.0625. The maximum Gasteiger partial charge on any atom is 0.306 e. The number of hydrogen-bond acceptors (Lipinski definition) is 6. The molecule has 0 saturated carbocycles. The lowest BCUT2D eigenvalue weighted by Crippen LogP contribution is -2.30. The van der Waals surface area contributed by atoms with Gasteiger partial charge in [0.2, 0.25) is 0 Å². The first-order valence-electron chi connectivity index (χ1n) is 34.7. The Morgan fingerprint density at radius 1 is 0.250 bits per heavy atom. The van der Waals surface area contributed by atoms with Crippen LogP contribution < -0.4 is 0 Å². The van der Waals surface area contributed by atoms with Crippen molar-refractivity contribution in [2.75, 3.05) is 13.2 Å². The van der Waals surface area contributed by atoms with Gasteiger partial charge in [0.25, 0.3) is 0 Å². The summed E-state index contributed by atoms with van der Waals surface area (Å²) in [5.74, 6) is -0.836. The van der Waals surface area contributed by atoms with E-state index in [1.165, 1.54) is 302 Å². The molecule has 1 atom stereocenters. The first-order valence-corrected chi connectivity index (χ1v) is 34.7. The fourth-order valence-corrected chi connectivity index (χ4v) is 10.8. The molecule has 6 heteroatoms. The van der Waals surface area contributed by atoms with Gasteiger partial charge in [-0.1, -0.05) is 348 Å². The van der Waals surface area contributed by atoms with Gasteiger partial charge in [0.15, 0.2) is 6.10 Å². The van der Waals surface area contributed by atoms with E-state index < -0.39 is 6.10 Å². The van der Waals surface area contributed by atoms with Gasteiger partial charge in [-0.2, -0.15) is 0 Å². The molecule has 76 heavy (non-hydrogen) atoms. The van der Waals surface area contributed by atoms with Gasteiger partial charge in [-0.25, -0.2) is 0 Å². The summed E-state index contributed by atoms with van der Waals surface area (Å²) < 4.78 is 16.9. The second-order valence-corrected chi connectivity index (χ2v) is 23.8. The van der Waals surface area contributed by atoms with Crippen LogP contribution in [0.25, 0.3) is 0 Å². The fourth-order valence-electron chi connectivity index (χ4n) is 10.8. The molecule has 0 aliphatic carbocycles. The number of carbonyl (C=O) groups excluding carboxylic acids is 3. The van der Waals surface area contributed by atoms with E-state index in [2.05, 4.69) is 32.9 Å². The van der Waals surface area contributed by atoms with Gasteiger partial charge in [0.05, 0.1) is 0 Å². The van der Waals surface area contributed by atoms with E-state index in [1.54, 1.807) is 0 Å². The standard InChI is InChI=1S/C70H134O6/c1-4-7-10-13-16-19-21-23-25-27-28-29-30-31-32-33-34-35-36-37-38-39-40-41-42-44-45-47-49-51-54-57-60-63-69(72)75-66-67(65-74-68(71)62-59-56-53-18-15-12-9-6-3)76-70(73)64-61-58-55-52-50-48-46-43-26-24-22-20-17-14-11-8-5-2/h27-28,67H,4-26,29-66H2,1-3H3/b28-27-. The molecule has 0 N–H and O–H groups in total. The molecule has 0 spiro atoms. The Morgan fingerprint density at radius 3 is 0.658 bits per heavy atom.